The van der Waals surface area contributed by atoms with Gasteiger partial charge in [-0.15, -0.1) is 0 Å². The number of nitrogens with one attached hydrogen (secondary N) is 2. The predicted octanol–water partition coefficient (Wildman–Crippen LogP) is 2.72. The lowest BCUT2D eigenvalue weighted by Gasteiger charge is -2.13. The summed E-state index contributed by atoms with van der Waals surface area (Å²) in [5.74, 6) is 0. The number of hydrogen-bond acceptors (Lipinski definition) is 4. The van der Waals surface area contributed by atoms with Gasteiger partial charge in [0, 0.05) is 30.5 Å². The molecule has 0 saturated heterocycles. The molecule has 0 amide bonds. The molecule has 3 rings (SSSR count). The summed E-state index contributed by atoms with van der Waals surface area (Å²) in [6, 6.07) is 14.3. The number of benzene rings is 1. The van der Waals surface area contributed by atoms with Gasteiger partial charge in [-0.3, -0.25) is 4.98 Å². The van der Waals surface area contributed by atoms with Crippen molar-refractivity contribution in [3.8, 4) is 11.3 Å². The normalized spacial score (nSPS) is 12.2. The topological polar surface area (TPSA) is 66.5 Å². The minimum absolute atomic E-state index is 0.230. The van der Waals surface area contributed by atoms with Crippen molar-refractivity contribution < 1.29 is 0 Å². The molecule has 0 fully saturated rings. The molecule has 5 heteroatoms. The highest BCUT2D eigenvalue weighted by Gasteiger charge is 2.11. The van der Waals surface area contributed by atoms with Crippen LogP contribution in [0.3, 0.4) is 0 Å². The second-order valence-electron chi connectivity index (χ2n) is 4.87. The maximum atomic E-state index is 4.25. The van der Waals surface area contributed by atoms with Gasteiger partial charge in [-0.2, -0.15) is 15.4 Å². The Morgan fingerprint density at radius 1 is 1.05 bits per heavy atom. The van der Waals surface area contributed by atoms with E-state index in [2.05, 4.69) is 32.6 Å². The Bertz CT molecular complexity index is 678. The Labute approximate surface area is 123 Å². The van der Waals surface area contributed by atoms with Crippen LogP contribution in [0, 0.1) is 0 Å². The van der Waals surface area contributed by atoms with Crippen LogP contribution in [0.2, 0.25) is 0 Å². The van der Waals surface area contributed by atoms with E-state index in [9.17, 15) is 0 Å². The zero-order chi connectivity index (χ0) is 14.5. The molecule has 0 aliphatic carbocycles. The summed E-state index contributed by atoms with van der Waals surface area (Å²) < 4.78 is 0. The van der Waals surface area contributed by atoms with Crippen LogP contribution in [0.25, 0.3) is 11.3 Å². The molecule has 0 spiro atoms. The third kappa shape index (κ3) is 3.14. The Balaban J connectivity index is 1.71. The van der Waals surface area contributed by atoms with Gasteiger partial charge in [0.15, 0.2) is 0 Å². The second kappa shape index (κ2) is 6.28. The van der Waals surface area contributed by atoms with Gasteiger partial charge < -0.3 is 5.32 Å². The zero-order valence-corrected chi connectivity index (χ0v) is 11.8. The van der Waals surface area contributed by atoms with Crippen LogP contribution in [-0.4, -0.2) is 20.4 Å². The van der Waals surface area contributed by atoms with Gasteiger partial charge >= 0.3 is 0 Å². The van der Waals surface area contributed by atoms with Gasteiger partial charge in [-0.05, 0) is 24.6 Å². The fraction of sp³-hybridized carbons (Fsp3) is 0.188. The van der Waals surface area contributed by atoms with E-state index < -0.39 is 0 Å². The van der Waals surface area contributed by atoms with E-state index in [-0.39, 0.29) is 6.04 Å². The van der Waals surface area contributed by atoms with E-state index in [4.69, 9.17) is 0 Å². The summed E-state index contributed by atoms with van der Waals surface area (Å²) in [5.41, 5.74) is 4.08. The predicted molar refractivity (Wildman–Crippen MR) is 81.3 cm³/mol. The first-order valence-electron chi connectivity index (χ1n) is 6.93. The van der Waals surface area contributed by atoms with E-state index >= 15 is 0 Å². The van der Waals surface area contributed by atoms with E-state index in [0.717, 1.165) is 17.0 Å². The van der Waals surface area contributed by atoms with Crippen LogP contribution in [0.1, 0.15) is 24.2 Å². The largest absolute Gasteiger partial charge is 0.304 e. The lowest BCUT2D eigenvalue weighted by atomic mass is 10.1. The molecule has 0 aliphatic rings. The van der Waals surface area contributed by atoms with Gasteiger partial charge in [0.05, 0.1) is 0 Å². The number of pyridine rings is 1. The first-order valence-corrected chi connectivity index (χ1v) is 6.93. The van der Waals surface area contributed by atoms with E-state index in [1.54, 1.807) is 12.4 Å². The van der Waals surface area contributed by atoms with Crippen molar-refractivity contribution >= 4 is 0 Å². The first-order chi connectivity index (χ1) is 10.3. The van der Waals surface area contributed by atoms with E-state index in [0.29, 0.717) is 6.54 Å². The lowest BCUT2D eigenvalue weighted by Crippen LogP contribution is -2.18. The molecule has 0 saturated carbocycles. The summed E-state index contributed by atoms with van der Waals surface area (Å²) in [4.78, 5) is 4.04. The van der Waals surface area contributed by atoms with Crippen LogP contribution in [0.5, 0.6) is 0 Å². The summed E-state index contributed by atoms with van der Waals surface area (Å²) in [7, 11) is 0. The molecule has 2 heterocycles. The van der Waals surface area contributed by atoms with Crippen molar-refractivity contribution in [3.05, 3.63) is 66.1 Å². The number of aromatic nitrogens is 4. The van der Waals surface area contributed by atoms with Gasteiger partial charge in [0.2, 0.25) is 0 Å². The van der Waals surface area contributed by atoms with Crippen molar-refractivity contribution in [2.45, 2.75) is 19.5 Å². The lowest BCUT2D eigenvalue weighted by molar-refractivity contribution is 0.567. The maximum absolute atomic E-state index is 4.25. The van der Waals surface area contributed by atoms with Crippen molar-refractivity contribution in [1.82, 2.24) is 25.7 Å². The molecule has 3 aromatic rings. The molecule has 5 nitrogen and oxygen atoms in total. The average molecular weight is 279 g/mol. The zero-order valence-electron chi connectivity index (χ0n) is 11.8. The summed E-state index contributed by atoms with van der Waals surface area (Å²) in [5, 5.41) is 14.7. The van der Waals surface area contributed by atoms with Crippen molar-refractivity contribution in [1.29, 1.82) is 0 Å². The highest BCUT2D eigenvalue weighted by Crippen LogP contribution is 2.19. The minimum Gasteiger partial charge on any atom is -0.304 e. The average Bonchev–Trinajstić information content (AvgIpc) is 3.03. The summed E-state index contributed by atoms with van der Waals surface area (Å²) in [6.07, 6.45) is 3.61. The molecule has 1 unspecified atom stereocenters. The summed E-state index contributed by atoms with van der Waals surface area (Å²) >= 11 is 0. The molecular weight excluding hydrogens is 262 g/mol. The van der Waals surface area contributed by atoms with Crippen LogP contribution >= 0.6 is 0 Å². The second-order valence-corrected chi connectivity index (χ2v) is 4.87. The SMILES string of the molecule is CC(NCc1n[nH]nc1-c1ccccc1)c1ccncc1. The molecular formula is C16H17N5. The number of aromatic amines is 1. The molecule has 0 bridgehead atoms. The fourth-order valence-electron chi connectivity index (χ4n) is 2.22. The van der Waals surface area contributed by atoms with Gasteiger partial charge in [0.1, 0.15) is 11.4 Å². The quantitative estimate of drug-likeness (QED) is 0.753. The fourth-order valence-corrected chi connectivity index (χ4v) is 2.22. The van der Waals surface area contributed by atoms with Crippen LogP contribution in [0.4, 0.5) is 0 Å². The third-order valence-electron chi connectivity index (χ3n) is 3.45. The van der Waals surface area contributed by atoms with Crippen molar-refractivity contribution in [3.63, 3.8) is 0 Å². The molecule has 2 aromatic heterocycles. The van der Waals surface area contributed by atoms with Gasteiger partial charge in [0.25, 0.3) is 0 Å². The Morgan fingerprint density at radius 2 is 1.81 bits per heavy atom. The molecule has 106 valence electrons. The van der Waals surface area contributed by atoms with Crippen LogP contribution in [0.15, 0.2) is 54.9 Å². The van der Waals surface area contributed by atoms with Crippen LogP contribution in [-0.2, 0) is 6.54 Å². The first kappa shape index (κ1) is 13.5. The number of rotatable bonds is 5. The molecule has 1 aromatic carbocycles. The molecule has 1 atom stereocenters. The van der Waals surface area contributed by atoms with Gasteiger partial charge in [-0.25, -0.2) is 0 Å². The Kier molecular flexibility index (Phi) is 4.02. The van der Waals surface area contributed by atoms with Gasteiger partial charge in [-0.1, -0.05) is 30.3 Å². The van der Waals surface area contributed by atoms with E-state index in [1.165, 1.54) is 5.56 Å². The molecule has 2 N–H and O–H groups in total. The van der Waals surface area contributed by atoms with Crippen molar-refractivity contribution in [2.75, 3.05) is 0 Å². The highest BCUT2D eigenvalue weighted by molar-refractivity contribution is 5.60. The smallest absolute Gasteiger partial charge is 0.117 e. The van der Waals surface area contributed by atoms with E-state index in [1.807, 2.05) is 42.5 Å². The monoisotopic (exact) mass is 279 g/mol. The Morgan fingerprint density at radius 3 is 2.57 bits per heavy atom. The molecule has 0 radical (unpaired) electrons. The van der Waals surface area contributed by atoms with Crippen LogP contribution < -0.4 is 5.32 Å². The number of nitrogens with zero attached hydrogens (tertiary/aromatic N) is 3. The number of H-pyrrole nitrogens is 1. The minimum atomic E-state index is 0.230. The highest BCUT2D eigenvalue weighted by atomic mass is 15.3. The molecule has 21 heavy (non-hydrogen) atoms. The Hall–Kier alpha value is -2.53. The standard InChI is InChI=1S/C16H17N5/c1-12(13-7-9-17-10-8-13)18-11-15-16(20-21-19-15)14-5-3-2-4-6-14/h2-10,12,18H,11H2,1H3,(H,19,20,21). The summed E-state index contributed by atoms with van der Waals surface area (Å²) in [6.45, 7) is 2.78. The maximum Gasteiger partial charge on any atom is 0.117 e. The third-order valence-corrected chi connectivity index (χ3v) is 3.45. The number of hydrogen-bond donors (Lipinski definition) is 2. The molecule has 0 aliphatic heterocycles. The van der Waals surface area contributed by atoms with Crippen molar-refractivity contribution in [2.24, 2.45) is 0 Å².